The van der Waals surface area contributed by atoms with Crippen molar-refractivity contribution in [3.05, 3.63) is 63.7 Å². The van der Waals surface area contributed by atoms with E-state index >= 15 is 0 Å². The van der Waals surface area contributed by atoms with Gasteiger partial charge in [-0.15, -0.1) is 0 Å². The maximum atomic E-state index is 9.71. The number of aryl methyl sites for hydroxylation is 3. The van der Waals surface area contributed by atoms with Crippen LogP contribution in [0, 0.1) is 20.8 Å². The van der Waals surface area contributed by atoms with Crippen molar-refractivity contribution in [3.8, 4) is 0 Å². The molecule has 2 N–H and O–H groups in total. The normalized spacial score (nSPS) is 12.2. The summed E-state index contributed by atoms with van der Waals surface area (Å²) in [6.07, 6.45) is 0. The third-order valence-electron chi connectivity index (χ3n) is 3.64. The standard InChI is InChI=1S/C17H20ClNO/c1-11-8-13(3)14(9-12(11)2)17(10-20)19-16-7-5-4-6-15(16)18/h4-9,17,19-20H,10H2,1-3H3. The molecule has 2 rings (SSSR count). The van der Waals surface area contributed by atoms with E-state index in [4.69, 9.17) is 11.6 Å². The summed E-state index contributed by atoms with van der Waals surface area (Å²) in [5, 5.41) is 13.7. The second-order valence-corrected chi connectivity index (χ2v) is 5.56. The van der Waals surface area contributed by atoms with Crippen LogP contribution in [0.1, 0.15) is 28.3 Å². The lowest BCUT2D eigenvalue weighted by molar-refractivity contribution is 0.276. The van der Waals surface area contributed by atoms with E-state index in [-0.39, 0.29) is 12.6 Å². The summed E-state index contributed by atoms with van der Waals surface area (Å²) >= 11 is 6.16. The van der Waals surface area contributed by atoms with Crippen molar-refractivity contribution in [1.29, 1.82) is 0 Å². The molecule has 1 unspecified atom stereocenters. The molecule has 1 atom stereocenters. The Morgan fingerprint density at radius 2 is 1.70 bits per heavy atom. The van der Waals surface area contributed by atoms with Gasteiger partial charge in [-0.05, 0) is 55.2 Å². The smallest absolute Gasteiger partial charge is 0.0748 e. The molecular formula is C17H20ClNO. The number of anilines is 1. The van der Waals surface area contributed by atoms with Gasteiger partial charge in [0.2, 0.25) is 0 Å². The first-order valence-corrected chi connectivity index (χ1v) is 7.10. The minimum absolute atomic E-state index is 0.0224. The Hall–Kier alpha value is -1.51. The Bertz CT molecular complexity index is 610. The first-order valence-electron chi connectivity index (χ1n) is 6.72. The van der Waals surface area contributed by atoms with Crippen molar-refractivity contribution in [2.24, 2.45) is 0 Å². The summed E-state index contributed by atoms with van der Waals surface area (Å²) in [6.45, 7) is 6.27. The van der Waals surface area contributed by atoms with Crippen molar-refractivity contribution in [1.82, 2.24) is 0 Å². The summed E-state index contributed by atoms with van der Waals surface area (Å²) in [7, 11) is 0. The molecule has 2 aromatic carbocycles. The summed E-state index contributed by atoms with van der Waals surface area (Å²) in [5.74, 6) is 0. The van der Waals surface area contributed by atoms with E-state index in [0.717, 1.165) is 11.3 Å². The molecular weight excluding hydrogens is 270 g/mol. The van der Waals surface area contributed by atoms with Crippen molar-refractivity contribution in [2.45, 2.75) is 26.8 Å². The van der Waals surface area contributed by atoms with Crippen LogP contribution in [0.4, 0.5) is 5.69 Å². The van der Waals surface area contributed by atoms with Crippen LogP contribution in [0.15, 0.2) is 36.4 Å². The fraction of sp³-hybridized carbons (Fsp3) is 0.294. The van der Waals surface area contributed by atoms with Gasteiger partial charge >= 0.3 is 0 Å². The van der Waals surface area contributed by atoms with E-state index in [2.05, 4.69) is 38.2 Å². The zero-order chi connectivity index (χ0) is 14.7. The topological polar surface area (TPSA) is 32.3 Å². The minimum Gasteiger partial charge on any atom is -0.394 e. The molecule has 106 valence electrons. The van der Waals surface area contributed by atoms with Gasteiger partial charge in [0.25, 0.3) is 0 Å². The predicted octanol–water partition coefficient (Wildman–Crippen LogP) is 4.41. The van der Waals surface area contributed by atoms with E-state index < -0.39 is 0 Å². The third kappa shape index (κ3) is 3.14. The van der Waals surface area contributed by atoms with Crippen molar-refractivity contribution < 1.29 is 5.11 Å². The summed E-state index contributed by atoms with van der Waals surface area (Å²) in [5.41, 5.74) is 5.61. The van der Waals surface area contributed by atoms with Crippen LogP contribution in [0.5, 0.6) is 0 Å². The number of halogens is 1. The highest BCUT2D eigenvalue weighted by Crippen LogP contribution is 2.28. The van der Waals surface area contributed by atoms with Crippen molar-refractivity contribution in [2.75, 3.05) is 11.9 Å². The van der Waals surface area contributed by atoms with Gasteiger partial charge in [-0.25, -0.2) is 0 Å². The average molecular weight is 290 g/mol. The Labute approximate surface area is 125 Å². The highest BCUT2D eigenvalue weighted by Gasteiger charge is 2.15. The number of aliphatic hydroxyl groups excluding tert-OH is 1. The van der Waals surface area contributed by atoms with Gasteiger partial charge in [0, 0.05) is 0 Å². The second kappa shape index (κ2) is 6.29. The number of aliphatic hydroxyl groups is 1. The van der Waals surface area contributed by atoms with Gasteiger partial charge in [0.05, 0.1) is 23.4 Å². The second-order valence-electron chi connectivity index (χ2n) is 5.15. The number of hydrogen-bond donors (Lipinski definition) is 2. The zero-order valence-electron chi connectivity index (χ0n) is 12.1. The molecule has 3 heteroatoms. The number of para-hydroxylation sites is 1. The highest BCUT2D eigenvalue weighted by molar-refractivity contribution is 6.33. The van der Waals surface area contributed by atoms with Crippen molar-refractivity contribution >= 4 is 17.3 Å². The monoisotopic (exact) mass is 289 g/mol. The maximum Gasteiger partial charge on any atom is 0.0748 e. The van der Waals surface area contributed by atoms with Gasteiger partial charge in [-0.3, -0.25) is 0 Å². The van der Waals surface area contributed by atoms with Gasteiger partial charge in [-0.2, -0.15) is 0 Å². The van der Waals surface area contributed by atoms with Crippen molar-refractivity contribution in [3.63, 3.8) is 0 Å². The molecule has 0 aliphatic carbocycles. The molecule has 0 amide bonds. The number of rotatable bonds is 4. The summed E-state index contributed by atoms with van der Waals surface area (Å²) < 4.78 is 0. The third-order valence-corrected chi connectivity index (χ3v) is 3.97. The molecule has 0 fully saturated rings. The Balaban J connectivity index is 2.34. The maximum absolute atomic E-state index is 9.71. The average Bonchev–Trinajstić information content (AvgIpc) is 2.42. The fourth-order valence-corrected chi connectivity index (χ4v) is 2.54. The summed E-state index contributed by atoms with van der Waals surface area (Å²) in [6, 6.07) is 11.7. The molecule has 0 saturated heterocycles. The molecule has 0 bridgehead atoms. The largest absolute Gasteiger partial charge is 0.394 e. The van der Waals surface area contributed by atoms with Crippen LogP contribution in [-0.4, -0.2) is 11.7 Å². The van der Waals surface area contributed by atoms with Gasteiger partial charge in [0.15, 0.2) is 0 Å². The zero-order valence-corrected chi connectivity index (χ0v) is 12.8. The van der Waals surface area contributed by atoms with Gasteiger partial charge in [-0.1, -0.05) is 35.9 Å². The van der Waals surface area contributed by atoms with Gasteiger partial charge < -0.3 is 10.4 Å². The molecule has 2 nitrogen and oxygen atoms in total. The summed E-state index contributed by atoms with van der Waals surface area (Å²) in [4.78, 5) is 0. The van der Waals surface area contributed by atoms with E-state index in [0.29, 0.717) is 5.02 Å². The fourth-order valence-electron chi connectivity index (χ4n) is 2.35. The van der Waals surface area contributed by atoms with Gasteiger partial charge in [0.1, 0.15) is 0 Å². The minimum atomic E-state index is -0.158. The van der Waals surface area contributed by atoms with Crippen LogP contribution in [0.25, 0.3) is 0 Å². The Morgan fingerprint density at radius 3 is 2.35 bits per heavy atom. The van der Waals surface area contributed by atoms with E-state index in [9.17, 15) is 5.11 Å². The number of nitrogens with one attached hydrogen (secondary N) is 1. The highest BCUT2D eigenvalue weighted by atomic mass is 35.5. The van der Waals surface area contributed by atoms with E-state index in [1.165, 1.54) is 16.7 Å². The van der Waals surface area contributed by atoms with E-state index in [1.54, 1.807) is 0 Å². The predicted molar refractivity (Wildman–Crippen MR) is 85.6 cm³/mol. The Morgan fingerprint density at radius 1 is 1.05 bits per heavy atom. The molecule has 0 aliphatic rings. The van der Waals surface area contributed by atoms with Crippen LogP contribution in [0.2, 0.25) is 5.02 Å². The lowest BCUT2D eigenvalue weighted by atomic mass is 9.96. The lowest BCUT2D eigenvalue weighted by Crippen LogP contribution is -2.16. The quantitative estimate of drug-likeness (QED) is 0.874. The van der Waals surface area contributed by atoms with Crippen LogP contribution >= 0.6 is 11.6 Å². The molecule has 0 aromatic heterocycles. The number of hydrogen-bond acceptors (Lipinski definition) is 2. The molecule has 0 aliphatic heterocycles. The lowest BCUT2D eigenvalue weighted by Gasteiger charge is -2.22. The van der Waals surface area contributed by atoms with Crippen LogP contribution in [-0.2, 0) is 0 Å². The SMILES string of the molecule is Cc1cc(C)c(C(CO)Nc2ccccc2Cl)cc1C. The molecule has 0 radical (unpaired) electrons. The first-order chi connectivity index (χ1) is 9.52. The first kappa shape index (κ1) is 14.9. The molecule has 0 heterocycles. The number of benzene rings is 2. The molecule has 0 saturated carbocycles. The molecule has 20 heavy (non-hydrogen) atoms. The van der Waals surface area contributed by atoms with Crippen LogP contribution < -0.4 is 5.32 Å². The van der Waals surface area contributed by atoms with Crippen LogP contribution in [0.3, 0.4) is 0 Å². The molecule has 0 spiro atoms. The molecule has 2 aromatic rings. The van der Waals surface area contributed by atoms with E-state index in [1.807, 2.05) is 24.3 Å². The Kier molecular flexibility index (Phi) is 4.69.